The number of sulfonamides is 1. The third-order valence-electron chi connectivity index (χ3n) is 5.02. The highest BCUT2D eigenvalue weighted by Gasteiger charge is 2.34. The third kappa shape index (κ3) is 4.43. The summed E-state index contributed by atoms with van der Waals surface area (Å²) in [5.74, 6) is -0.0496. The zero-order valence-corrected chi connectivity index (χ0v) is 18.1. The summed E-state index contributed by atoms with van der Waals surface area (Å²) >= 11 is 1.25. The van der Waals surface area contributed by atoms with E-state index in [1.165, 1.54) is 15.6 Å². The molecule has 0 radical (unpaired) electrons. The normalized spacial score (nSPS) is 17.6. The maximum atomic E-state index is 12.9. The van der Waals surface area contributed by atoms with Crippen LogP contribution in [0.5, 0.6) is 0 Å². The number of nitrogens with zero attached hydrogens (tertiary/aromatic N) is 3. The highest BCUT2D eigenvalue weighted by atomic mass is 32.2. The van der Waals surface area contributed by atoms with Crippen LogP contribution in [0.25, 0.3) is 11.4 Å². The van der Waals surface area contributed by atoms with Crippen LogP contribution in [0.2, 0.25) is 0 Å². The molecule has 156 valence electrons. The van der Waals surface area contributed by atoms with Crippen LogP contribution < -0.4 is 5.32 Å². The summed E-state index contributed by atoms with van der Waals surface area (Å²) in [4.78, 5) is 22.3. The van der Waals surface area contributed by atoms with Crippen LogP contribution in [0.3, 0.4) is 0 Å². The molecular weight excluding hydrogens is 420 g/mol. The Morgan fingerprint density at radius 3 is 2.53 bits per heavy atom. The lowest BCUT2D eigenvalue weighted by atomic mass is 9.99. The monoisotopic (exact) mass is 442 g/mol. The molecule has 9 heteroatoms. The smallest absolute Gasteiger partial charge is 0.252 e. The number of aryl methyl sites for hydroxylation is 1. The first-order valence-corrected chi connectivity index (χ1v) is 11.9. The average Bonchev–Trinajstić information content (AvgIpc) is 3.22. The summed E-state index contributed by atoms with van der Waals surface area (Å²) in [5, 5.41) is 2.82. The Hall–Kier alpha value is -2.62. The van der Waals surface area contributed by atoms with Gasteiger partial charge >= 0.3 is 0 Å². The largest absolute Gasteiger partial charge is 0.323 e. The van der Waals surface area contributed by atoms with Crippen molar-refractivity contribution in [2.75, 3.05) is 18.4 Å². The number of thiophene rings is 1. The number of carbonyl (C=O) groups is 1. The van der Waals surface area contributed by atoms with Crippen molar-refractivity contribution in [1.82, 2.24) is 14.3 Å². The molecule has 3 heterocycles. The Kier molecular flexibility index (Phi) is 5.94. The van der Waals surface area contributed by atoms with Gasteiger partial charge in [-0.05, 0) is 31.9 Å². The highest BCUT2D eigenvalue weighted by molar-refractivity contribution is 7.91. The van der Waals surface area contributed by atoms with E-state index >= 15 is 0 Å². The molecule has 1 fully saturated rings. The van der Waals surface area contributed by atoms with E-state index in [9.17, 15) is 13.2 Å². The van der Waals surface area contributed by atoms with Gasteiger partial charge in [0.25, 0.3) is 10.0 Å². The van der Waals surface area contributed by atoms with Gasteiger partial charge in [0, 0.05) is 23.5 Å². The molecule has 7 nitrogen and oxygen atoms in total. The van der Waals surface area contributed by atoms with Gasteiger partial charge in [-0.1, -0.05) is 30.3 Å². The van der Waals surface area contributed by atoms with Gasteiger partial charge in [0.1, 0.15) is 4.21 Å². The Balaban J connectivity index is 1.42. The number of rotatable bonds is 5. The molecule has 0 aliphatic carbocycles. The van der Waals surface area contributed by atoms with Crippen molar-refractivity contribution in [1.29, 1.82) is 0 Å². The van der Waals surface area contributed by atoms with Crippen LogP contribution >= 0.6 is 11.3 Å². The predicted octanol–water partition coefficient (Wildman–Crippen LogP) is 3.55. The van der Waals surface area contributed by atoms with Gasteiger partial charge in [0.15, 0.2) is 5.82 Å². The van der Waals surface area contributed by atoms with Crippen molar-refractivity contribution in [3.63, 3.8) is 0 Å². The fourth-order valence-electron chi connectivity index (χ4n) is 3.43. The molecule has 4 rings (SSSR count). The van der Waals surface area contributed by atoms with Crippen LogP contribution in [0.15, 0.2) is 59.1 Å². The molecule has 0 spiro atoms. The van der Waals surface area contributed by atoms with Gasteiger partial charge in [0.05, 0.1) is 24.0 Å². The standard InChI is InChI=1S/C21H22N4O3S2/c1-15-9-10-19(29-15)30(27,28)25-11-5-8-17(14-25)21(26)24-18-12-22-20(23-13-18)16-6-3-2-4-7-16/h2-4,6-7,9-10,12-13,17H,5,8,11,14H2,1H3,(H,24,26). The lowest BCUT2D eigenvalue weighted by molar-refractivity contribution is -0.120. The number of amides is 1. The lowest BCUT2D eigenvalue weighted by Crippen LogP contribution is -2.43. The van der Waals surface area contributed by atoms with Crippen molar-refractivity contribution in [3.8, 4) is 11.4 Å². The number of nitrogens with one attached hydrogen (secondary N) is 1. The molecule has 1 atom stereocenters. The number of carbonyl (C=O) groups excluding carboxylic acids is 1. The Morgan fingerprint density at radius 1 is 1.13 bits per heavy atom. The van der Waals surface area contributed by atoms with E-state index in [1.54, 1.807) is 24.5 Å². The van der Waals surface area contributed by atoms with Crippen molar-refractivity contribution in [2.24, 2.45) is 5.92 Å². The second-order valence-electron chi connectivity index (χ2n) is 7.22. The van der Waals surface area contributed by atoms with E-state index in [4.69, 9.17) is 0 Å². The molecule has 30 heavy (non-hydrogen) atoms. The topological polar surface area (TPSA) is 92.3 Å². The quantitative estimate of drug-likeness (QED) is 0.652. The van der Waals surface area contributed by atoms with E-state index in [0.717, 1.165) is 10.4 Å². The molecular formula is C21H22N4O3S2. The lowest BCUT2D eigenvalue weighted by Gasteiger charge is -2.30. The van der Waals surface area contributed by atoms with E-state index in [0.29, 0.717) is 35.1 Å². The Labute approximate surface area is 179 Å². The predicted molar refractivity (Wildman–Crippen MR) is 117 cm³/mol. The summed E-state index contributed by atoms with van der Waals surface area (Å²) in [6, 6.07) is 13.0. The summed E-state index contributed by atoms with van der Waals surface area (Å²) < 4.78 is 27.5. The molecule has 1 amide bonds. The highest BCUT2D eigenvalue weighted by Crippen LogP contribution is 2.28. The second kappa shape index (κ2) is 8.63. The Bertz CT molecular complexity index is 1130. The summed E-state index contributed by atoms with van der Waals surface area (Å²) in [7, 11) is -3.57. The molecule has 3 aromatic rings. The number of aromatic nitrogens is 2. The zero-order chi connectivity index (χ0) is 21.1. The number of hydrogen-bond donors (Lipinski definition) is 1. The summed E-state index contributed by atoms with van der Waals surface area (Å²) in [6.07, 6.45) is 4.42. The molecule has 1 saturated heterocycles. The molecule has 1 aliphatic rings. The van der Waals surface area contributed by atoms with Gasteiger partial charge < -0.3 is 5.32 Å². The van der Waals surface area contributed by atoms with Gasteiger partial charge in [-0.2, -0.15) is 4.31 Å². The average molecular weight is 443 g/mol. The fraction of sp³-hybridized carbons (Fsp3) is 0.286. The first-order valence-electron chi connectivity index (χ1n) is 9.68. The van der Waals surface area contributed by atoms with E-state index in [2.05, 4.69) is 15.3 Å². The minimum Gasteiger partial charge on any atom is -0.323 e. The molecule has 2 aromatic heterocycles. The fourth-order valence-corrected chi connectivity index (χ4v) is 6.39. The van der Waals surface area contributed by atoms with E-state index in [1.807, 2.05) is 37.3 Å². The zero-order valence-electron chi connectivity index (χ0n) is 16.5. The first-order chi connectivity index (χ1) is 14.4. The SMILES string of the molecule is Cc1ccc(S(=O)(=O)N2CCCC(C(=O)Nc3cnc(-c4ccccc4)nc3)C2)s1. The maximum Gasteiger partial charge on any atom is 0.252 e. The molecule has 1 aliphatic heterocycles. The van der Waals surface area contributed by atoms with Gasteiger partial charge in [0.2, 0.25) is 5.91 Å². The van der Waals surface area contributed by atoms with Crippen molar-refractivity contribution in [2.45, 2.75) is 24.0 Å². The van der Waals surface area contributed by atoms with Gasteiger partial charge in [-0.3, -0.25) is 4.79 Å². The number of anilines is 1. The van der Waals surface area contributed by atoms with Crippen LogP contribution in [-0.2, 0) is 14.8 Å². The Morgan fingerprint density at radius 2 is 1.87 bits per heavy atom. The number of benzene rings is 1. The van der Waals surface area contributed by atoms with Crippen molar-refractivity contribution >= 4 is 33.0 Å². The molecule has 0 saturated carbocycles. The van der Waals surface area contributed by atoms with Crippen LogP contribution in [-0.4, -0.2) is 41.7 Å². The van der Waals surface area contributed by atoms with E-state index < -0.39 is 15.9 Å². The van der Waals surface area contributed by atoms with Crippen molar-refractivity contribution in [3.05, 3.63) is 59.7 Å². The van der Waals surface area contributed by atoms with E-state index in [-0.39, 0.29) is 12.5 Å². The van der Waals surface area contributed by atoms with Crippen LogP contribution in [0, 0.1) is 12.8 Å². The third-order valence-corrected chi connectivity index (χ3v) is 8.35. The van der Waals surface area contributed by atoms with Gasteiger partial charge in [-0.25, -0.2) is 18.4 Å². The summed E-state index contributed by atoms with van der Waals surface area (Å²) in [6.45, 7) is 2.48. The molecule has 0 bridgehead atoms. The second-order valence-corrected chi connectivity index (χ2v) is 10.7. The molecule has 1 aromatic carbocycles. The van der Waals surface area contributed by atoms with Crippen molar-refractivity contribution < 1.29 is 13.2 Å². The molecule has 1 unspecified atom stereocenters. The number of hydrogen-bond acceptors (Lipinski definition) is 6. The molecule has 1 N–H and O–H groups in total. The first kappa shape index (κ1) is 20.6. The minimum atomic E-state index is -3.57. The van der Waals surface area contributed by atoms with Crippen LogP contribution in [0.4, 0.5) is 5.69 Å². The summed E-state index contributed by atoms with van der Waals surface area (Å²) in [5.41, 5.74) is 1.39. The number of piperidine rings is 1. The maximum absolute atomic E-state index is 12.9. The van der Waals surface area contributed by atoms with Gasteiger partial charge in [-0.15, -0.1) is 11.3 Å². The minimum absolute atomic E-state index is 0.175. The van der Waals surface area contributed by atoms with Crippen LogP contribution in [0.1, 0.15) is 17.7 Å².